The Labute approximate surface area is 153 Å². The molecule has 1 heterocycles. The van der Waals surface area contributed by atoms with Crippen molar-refractivity contribution in [3.8, 4) is 0 Å². The lowest BCUT2D eigenvalue weighted by molar-refractivity contribution is 0.324. The van der Waals surface area contributed by atoms with Crippen LogP contribution in [0.25, 0.3) is 11.0 Å². The van der Waals surface area contributed by atoms with Gasteiger partial charge in [-0.2, -0.15) is 0 Å². The summed E-state index contributed by atoms with van der Waals surface area (Å²) in [6, 6.07) is 16.7. The van der Waals surface area contributed by atoms with Crippen molar-refractivity contribution in [2.75, 3.05) is 0 Å². The van der Waals surface area contributed by atoms with E-state index in [0.717, 1.165) is 41.3 Å². The molecule has 0 saturated heterocycles. The predicted molar refractivity (Wildman–Crippen MR) is 103 cm³/mol. The molecule has 2 saturated carbocycles. The molecule has 0 N–H and O–H groups in total. The molecule has 2 bridgehead atoms. The van der Waals surface area contributed by atoms with Crippen molar-refractivity contribution < 1.29 is 0 Å². The van der Waals surface area contributed by atoms with Gasteiger partial charge in [-0.25, -0.2) is 4.98 Å². The lowest BCUT2D eigenvalue weighted by atomic mass is 9.86. The van der Waals surface area contributed by atoms with Gasteiger partial charge in [0.25, 0.3) is 0 Å². The first-order valence-corrected chi connectivity index (χ1v) is 9.82. The van der Waals surface area contributed by atoms with Crippen LogP contribution in [-0.2, 0) is 13.0 Å². The van der Waals surface area contributed by atoms with Crippen LogP contribution in [0, 0.1) is 17.8 Å². The summed E-state index contributed by atoms with van der Waals surface area (Å²) in [5.41, 5.74) is 3.65. The van der Waals surface area contributed by atoms with E-state index in [9.17, 15) is 0 Å². The number of fused-ring (bicyclic) bond motifs is 3. The Balaban J connectivity index is 1.50. The van der Waals surface area contributed by atoms with Gasteiger partial charge in [-0.05, 0) is 66.8 Å². The van der Waals surface area contributed by atoms with Crippen molar-refractivity contribution in [1.82, 2.24) is 9.55 Å². The van der Waals surface area contributed by atoms with Crippen molar-refractivity contribution in [3.63, 3.8) is 0 Å². The zero-order valence-electron chi connectivity index (χ0n) is 14.4. The molecule has 3 aromatic rings. The molecule has 2 aliphatic carbocycles. The number of rotatable bonds is 4. The molecule has 2 aromatic carbocycles. The average Bonchev–Trinajstić information content (AvgIpc) is 3.32. The zero-order chi connectivity index (χ0) is 16.8. The fraction of sp³-hybridized carbons (Fsp3) is 0.409. The fourth-order valence-corrected chi connectivity index (χ4v) is 5.22. The van der Waals surface area contributed by atoms with Crippen LogP contribution in [0.5, 0.6) is 0 Å². The Morgan fingerprint density at radius 2 is 1.84 bits per heavy atom. The highest BCUT2D eigenvalue weighted by molar-refractivity contribution is 6.30. The van der Waals surface area contributed by atoms with Gasteiger partial charge in [-0.1, -0.05) is 42.3 Å². The third-order valence-corrected chi connectivity index (χ3v) is 6.57. The van der Waals surface area contributed by atoms with Crippen LogP contribution in [0.2, 0.25) is 5.02 Å². The molecule has 3 atom stereocenters. The Bertz CT molecular complexity index is 896. The molecule has 0 amide bonds. The summed E-state index contributed by atoms with van der Waals surface area (Å²) in [5, 5.41) is 0.793. The van der Waals surface area contributed by atoms with Crippen LogP contribution in [0.4, 0.5) is 0 Å². The van der Waals surface area contributed by atoms with Crippen LogP contribution < -0.4 is 0 Å². The van der Waals surface area contributed by atoms with Gasteiger partial charge in [0.15, 0.2) is 0 Å². The van der Waals surface area contributed by atoms with Crippen molar-refractivity contribution >= 4 is 22.6 Å². The monoisotopic (exact) mass is 350 g/mol. The Kier molecular flexibility index (Phi) is 3.82. The van der Waals surface area contributed by atoms with Crippen molar-refractivity contribution in [3.05, 3.63) is 64.9 Å². The SMILES string of the molecule is Clc1ccc(Cn2c(CC3CC4CCC3C4)nc3ccccc32)cc1. The van der Waals surface area contributed by atoms with E-state index in [0.29, 0.717) is 0 Å². The third kappa shape index (κ3) is 2.87. The normalized spacial score (nSPS) is 25.1. The van der Waals surface area contributed by atoms with E-state index < -0.39 is 0 Å². The number of hydrogen-bond acceptors (Lipinski definition) is 1. The van der Waals surface area contributed by atoms with E-state index in [1.54, 1.807) is 0 Å². The minimum absolute atomic E-state index is 0.793. The van der Waals surface area contributed by atoms with Crippen LogP contribution in [-0.4, -0.2) is 9.55 Å². The standard InChI is InChI=1S/C22H23ClN2/c23-19-9-6-15(7-10-19)14-25-21-4-2-1-3-20(21)24-22(25)13-18-12-16-5-8-17(18)11-16/h1-4,6-7,9-10,16-18H,5,8,11-14H2. The van der Waals surface area contributed by atoms with E-state index >= 15 is 0 Å². The van der Waals surface area contributed by atoms with E-state index in [4.69, 9.17) is 16.6 Å². The summed E-state index contributed by atoms with van der Waals surface area (Å²) in [7, 11) is 0. The number of halogens is 1. The Hall–Kier alpha value is -1.80. The van der Waals surface area contributed by atoms with Gasteiger partial charge in [0.2, 0.25) is 0 Å². The summed E-state index contributed by atoms with van der Waals surface area (Å²) in [6.45, 7) is 0.869. The Morgan fingerprint density at radius 3 is 2.60 bits per heavy atom. The number of aromatic nitrogens is 2. The molecule has 5 rings (SSSR count). The van der Waals surface area contributed by atoms with Crippen molar-refractivity contribution in [2.45, 2.75) is 38.6 Å². The van der Waals surface area contributed by atoms with Gasteiger partial charge in [0.05, 0.1) is 11.0 Å². The van der Waals surface area contributed by atoms with Gasteiger partial charge in [0.1, 0.15) is 5.82 Å². The molecule has 128 valence electrons. The largest absolute Gasteiger partial charge is 0.323 e. The fourth-order valence-electron chi connectivity index (χ4n) is 5.09. The maximum Gasteiger partial charge on any atom is 0.110 e. The molecule has 0 spiro atoms. The quantitative estimate of drug-likeness (QED) is 0.588. The highest BCUT2D eigenvalue weighted by Crippen LogP contribution is 2.49. The summed E-state index contributed by atoms with van der Waals surface area (Å²) in [6.07, 6.45) is 6.90. The summed E-state index contributed by atoms with van der Waals surface area (Å²) in [5.74, 6) is 4.02. The first-order valence-electron chi connectivity index (χ1n) is 9.45. The number of hydrogen-bond donors (Lipinski definition) is 0. The van der Waals surface area contributed by atoms with Crippen LogP contribution in [0.1, 0.15) is 37.1 Å². The van der Waals surface area contributed by atoms with Crippen molar-refractivity contribution in [2.24, 2.45) is 17.8 Å². The minimum atomic E-state index is 0.793. The topological polar surface area (TPSA) is 17.8 Å². The summed E-state index contributed by atoms with van der Waals surface area (Å²) in [4.78, 5) is 5.01. The molecule has 25 heavy (non-hydrogen) atoms. The number of benzene rings is 2. The number of para-hydroxylation sites is 2. The minimum Gasteiger partial charge on any atom is -0.323 e. The lowest BCUT2D eigenvalue weighted by Crippen LogP contribution is -2.16. The second-order valence-corrected chi connectivity index (χ2v) is 8.30. The molecule has 3 unspecified atom stereocenters. The smallest absolute Gasteiger partial charge is 0.110 e. The van der Waals surface area contributed by atoms with E-state index in [2.05, 4.69) is 41.0 Å². The third-order valence-electron chi connectivity index (χ3n) is 6.32. The summed E-state index contributed by atoms with van der Waals surface area (Å²) < 4.78 is 2.42. The molecule has 3 heteroatoms. The van der Waals surface area contributed by atoms with Crippen molar-refractivity contribution in [1.29, 1.82) is 0 Å². The second-order valence-electron chi connectivity index (χ2n) is 7.87. The van der Waals surface area contributed by atoms with Gasteiger partial charge in [0, 0.05) is 18.0 Å². The number of nitrogens with zero attached hydrogens (tertiary/aromatic N) is 2. The maximum atomic E-state index is 6.05. The van der Waals surface area contributed by atoms with E-state index in [1.807, 2.05) is 12.1 Å². The van der Waals surface area contributed by atoms with Gasteiger partial charge >= 0.3 is 0 Å². The van der Waals surface area contributed by atoms with Gasteiger partial charge < -0.3 is 4.57 Å². The van der Waals surface area contributed by atoms with Crippen LogP contribution >= 0.6 is 11.6 Å². The highest BCUT2D eigenvalue weighted by Gasteiger charge is 2.39. The molecule has 2 nitrogen and oxygen atoms in total. The second kappa shape index (κ2) is 6.17. The van der Waals surface area contributed by atoms with E-state index in [1.165, 1.54) is 42.6 Å². The molecule has 1 aromatic heterocycles. The maximum absolute atomic E-state index is 6.05. The molecular formula is C22H23ClN2. The highest BCUT2D eigenvalue weighted by atomic mass is 35.5. The zero-order valence-corrected chi connectivity index (χ0v) is 15.1. The lowest BCUT2D eigenvalue weighted by Gasteiger charge is -2.21. The molecule has 0 radical (unpaired) electrons. The first-order chi connectivity index (χ1) is 12.3. The predicted octanol–water partition coefficient (Wildman–Crippen LogP) is 5.72. The average molecular weight is 351 g/mol. The van der Waals surface area contributed by atoms with Crippen LogP contribution in [0.15, 0.2) is 48.5 Å². The molecular weight excluding hydrogens is 328 g/mol. The van der Waals surface area contributed by atoms with Gasteiger partial charge in [-0.3, -0.25) is 0 Å². The van der Waals surface area contributed by atoms with Gasteiger partial charge in [-0.15, -0.1) is 0 Å². The molecule has 2 fully saturated rings. The molecule has 0 aliphatic heterocycles. The first kappa shape index (κ1) is 15.5. The molecule has 2 aliphatic rings. The Morgan fingerprint density at radius 1 is 1.00 bits per heavy atom. The summed E-state index contributed by atoms with van der Waals surface area (Å²) >= 11 is 6.05. The van der Waals surface area contributed by atoms with Crippen LogP contribution in [0.3, 0.4) is 0 Å². The number of imidazole rings is 1. The van der Waals surface area contributed by atoms with E-state index in [-0.39, 0.29) is 0 Å².